The lowest BCUT2D eigenvalue weighted by atomic mass is 10.1. The van der Waals surface area contributed by atoms with Crippen LogP contribution in [0.3, 0.4) is 0 Å². The fraction of sp³-hybridized carbons (Fsp3) is 0.167. The number of anilines is 1. The number of benzene rings is 2. The first kappa shape index (κ1) is 19.2. The highest BCUT2D eigenvalue weighted by atomic mass is 35.5. The predicted molar refractivity (Wildman–Crippen MR) is 101 cm³/mol. The van der Waals surface area contributed by atoms with E-state index in [0.717, 1.165) is 6.07 Å². The largest absolute Gasteiger partial charge is 0.478 e. The highest BCUT2D eigenvalue weighted by Gasteiger charge is 2.46. The van der Waals surface area contributed by atoms with Crippen molar-refractivity contribution in [2.75, 3.05) is 5.01 Å². The minimum Gasteiger partial charge on any atom is -0.478 e. The van der Waals surface area contributed by atoms with E-state index in [4.69, 9.17) is 22.0 Å². The number of amides is 1. The van der Waals surface area contributed by atoms with Gasteiger partial charge < -0.3 is 5.11 Å². The smallest absolute Gasteiger partial charge is 0.338 e. The Hall–Kier alpha value is -2.60. The third-order valence-electron chi connectivity index (χ3n) is 4.26. The zero-order chi connectivity index (χ0) is 19.9. The molecule has 1 atom stereocenters. The zero-order valence-corrected chi connectivity index (χ0v) is 16.0. The number of nitrogens with one attached hydrogen (secondary N) is 1. The van der Waals surface area contributed by atoms with E-state index in [1.54, 1.807) is 19.9 Å². The van der Waals surface area contributed by atoms with Gasteiger partial charge in [0.1, 0.15) is 11.9 Å². The van der Waals surface area contributed by atoms with Gasteiger partial charge in [0.2, 0.25) is 0 Å². The molecule has 3 rings (SSSR count). The quantitative estimate of drug-likeness (QED) is 0.675. The van der Waals surface area contributed by atoms with E-state index in [1.807, 2.05) is 6.07 Å². The number of hydrazine groups is 1. The standard InChI is InChI=1S/C18H15ClFN3O3S/c1-18(2)17(26)23(11-4-3-10(9-21)14(19)7-11)22-27(18)12-5-6-13(16(24)25)15(20)8-12/h3-8,22,27H,1-2H3,(H,24,25). The van der Waals surface area contributed by atoms with Crippen molar-refractivity contribution >= 4 is 40.2 Å². The van der Waals surface area contributed by atoms with Crippen molar-refractivity contribution in [3.05, 3.63) is 58.4 Å². The van der Waals surface area contributed by atoms with Crippen molar-refractivity contribution in [1.29, 1.82) is 5.26 Å². The maximum atomic E-state index is 14.1. The molecule has 9 heteroatoms. The fourth-order valence-electron chi connectivity index (χ4n) is 2.75. The lowest BCUT2D eigenvalue weighted by Gasteiger charge is -2.27. The molecule has 27 heavy (non-hydrogen) atoms. The molecule has 1 unspecified atom stereocenters. The molecule has 0 bridgehead atoms. The fourth-order valence-corrected chi connectivity index (χ4v) is 5.14. The summed E-state index contributed by atoms with van der Waals surface area (Å²) >= 11 is 4.69. The highest BCUT2D eigenvalue weighted by molar-refractivity contribution is 8.17. The van der Waals surface area contributed by atoms with E-state index in [-0.39, 0.29) is 10.9 Å². The van der Waals surface area contributed by atoms with Crippen LogP contribution in [0.15, 0.2) is 41.3 Å². The van der Waals surface area contributed by atoms with Gasteiger partial charge in [-0.05, 0) is 50.2 Å². The van der Waals surface area contributed by atoms with Gasteiger partial charge >= 0.3 is 5.97 Å². The summed E-state index contributed by atoms with van der Waals surface area (Å²) in [4.78, 5) is 27.5. The molecule has 1 aliphatic heterocycles. The van der Waals surface area contributed by atoms with Crippen LogP contribution in [0.4, 0.5) is 10.1 Å². The van der Waals surface area contributed by atoms with E-state index >= 15 is 0 Å². The van der Waals surface area contributed by atoms with E-state index in [2.05, 4.69) is 4.83 Å². The Kier molecular flexibility index (Phi) is 4.86. The molecule has 1 aliphatic rings. The van der Waals surface area contributed by atoms with Crippen LogP contribution in [0.5, 0.6) is 0 Å². The van der Waals surface area contributed by atoms with E-state index in [1.165, 1.54) is 29.3 Å². The summed E-state index contributed by atoms with van der Waals surface area (Å²) < 4.78 is 13.2. The number of carbonyl (C=O) groups is 2. The van der Waals surface area contributed by atoms with Crippen LogP contribution in [0, 0.1) is 17.1 Å². The van der Waals surface area contributed by atoms with Gasteiger partial charge in [-0.15, -0.1) is 11.1 Å². The molecule has 2 N–H and O–H groups in total. The average Bonchev–Trinajstić information content (AvgIpc) is 2.84. The number of thiol groups is 1. The molecule has 0 radical (unpaired) electrons. The van der Waals surface area contributed by atoms with Gasteiger partial charge in [0.25, 0.3) is 5.91 Å². The van der Waals surface area contributed by atoms with Crippen LogP contribution in [0.25, 0.3) is 0 Å². The maximum Gasteiger partial charge on any atom is 0.338 e. The lowest BCUT2D eigenvalue weighted by molar-refractivity contribution is -0.119. The molecule has 1 saturated heterocycles. The highest BCUT2D eigenvalue weighted by Crippen LogP contribution is 2.51. The van der Waals surface area contributed by atoms with Crippen LogP contribution >= 0.6 is 22.7 Å². The molecule has 0 aromatic heterocycles. The second-order valence-corrected chi connectivity index (χ2v) is 9.29. The van der Waals surface area contributed by atoms with Gasteiger partial charge in [0.05, 0.1) is 26.6 Å². The van der Waals surface area contributed by atoms with Gasteiger partial charge in [-0.3, -0.25) is 4.79 Å². The molecule has 2 aromatic rings. The van der Waals surface area contributed by atoms with Gasteiger partial charge in [-0.1, -0.05) is 11.6 Å². The summed E-state index contributed by atoms with van der Waals surface area (Å²) in [7, 11) is 0. The Morgan fingerprint density at radius 2 is 2.04 bits per heavy atom. The summed E-state index contributed by atoms with van der Waals surface area (Å²) in [5.74, 6) is -2.44. The average molecular weight is 408 g/mol. The molecule has 1 fully saturated rings. The van der Waals surface area contributed by atoms with Gasteiger partial charge in [-0.2, -0.15) is 10.1 Å². The second-order valence-electron chi connectivity index (χ2n) is 6.38. The number of hydrogen-bond donors (Lipinski definition) is 3. The Morgan fingerprint density at radius 3 is 2.59 bits per heavy atom. The third-order valence-corrected chi connectivity index (χ3v) is 7.07. The number of nitrogens with zero attached hydrogens (tertiary/aromatic N) is 2. The topological polar surface area (TPSA) is 93.4 Å². The monoisotopic (exact) mass is 407 g/mol. The first-order chi connectivity index (χ1) is 12.7. The van der Waals surface area contributed by atoms with Crippen LogP contribution in [0.1, 0.15) is 29.8 Å². The summed E-state index contributed by atoms with van der Waals surface area (Å²) in [6, 6.07) is 10.4. The first-order valence-electron chi connectivity index (χ1n) is 7.80. The summed E-state index contributed by atoms with van der Waals surface area (Å²) in [5.41, 5.74) is 0.331. The molecule has 2 aromatic carbocycles. The molecular weight excluding hydrogens is 393 g/mol. The number of carboxylic acids is 1. The van der Waals surface area contributed by atoms with Crippen LogP contribution in [0.2, 0.25) is 5.02 Å². The Morgan fingerprint density at radius 1 is 1.33 bits per heavy atom. The Bertz CT molecular complexity index is 1010. The molecule has 1 amide bonds. The number of aromatic carboxylic acids is 1. The second kappa shape index (κ2) is 6.85. The normalized spacial score (nSPS) is 19.7. The van der Waals surface area contributed by atoms with Crippen LogP contribution < -0.4 is 9.84 Å². The Balaban J connectivity index is 1.99. The summed E-state index contributed by atoms with van der Waals surface area (Å²) in [5, 5.41) is 19.5. The molecule has 6 nitrogen and oxygen atoms in total. The minimum absolute atomic E-state index is 0.218. The number of rotatable bonds is 3. The van der Waals surface area contributed by atoms with Gasteiger partial charge in [0.15, 0.2) is 0 Å². The molecule has 0 saturated carbocycles. The van der Waals surface area contributed by atoms with Crippen LogP contribution in [-0.2, 0) is 4.79 Å². The molecule has 0 aliphatic carbocycles. The third kappa shape index (κ3) is 3.25. The SMILES string of the molecule is CC1(C)C(=O)N(c2ccc(C#N)c(Cl)c2)N[SH]1c1ccc(C(=O)O)c(F)c1. The number of carboxylic acid groups (broad SMARTS) is 1. The zero-order valence-electron chi connectivity index (χ0n) is 14.3. The van der Waals surface area contributed by atoms with Crippen LogP contribution in [-0.4, -0.2) is 21.7 Å². The summed E-state index contributed by atoms with van der Waals surface area (Å²) in [6.07, 6.45) is 0. The lowest BCUT2D eigenvalue weighted by Crippen LogP contribution is -2.37. The van der Waals surface area contributed by atoms with Gasteiger partial charge in [0, 0.05) is 4.90 Å². The van der Waals surface area contributed by atoms with E-state index < -0.39 is 33.2 Å². The first-order valence-corrected chi connectivity index (χ1v) is 9.52. The van der Waals surface area contributed by atoms with Crippen molar-refractivity contribution in [3.8, 4) is 6.07 Å². The van der Waals surface area contributed by atoms with E-state index in [0.29, 0.717) is 16.1 Å². The maximum absolute atomic E-state index is 14.1. The number of hydrogen-bond acceptors (Lipinski definition) is 4. The molecular formula is C18H15ClFN3O3S. The molecule has 1 heterocycles. The van der Waals surface area contributed by atoms with Crippen molar-refractivity contribution in [2.24, 2.45) is 0 Å². The van der Waals surface area contributed by atoms with Crippen molar-refractivity contribution in [1.82, 2.24) is 4.83 Å². The molecule has 0 spiro atoms. The predicted octanol–water partition coefficient (Wildman–Crippen LogP) is 3.65. The number of halogens is 2. The van der Waals surface area contributed by atoms with Crippen molar-refractivity contribution < 1.29 is 19.1 Å². The Labute approximate surface area is 162 Å². The van der Waals surface area contributed by atoms with Gasteiger partial charge in [-0.25, -0.2) is 14.2 Å². The minimum atomic E-state index is -1.37. The summed E-state index contributed by atoms with van der Waals surface area (Å²) in [6.45, 7) is 3.48. The van der Waals surface area contributed by atoms with E-state index in [9.17, 15) is 14.0 Å². The van der Waals surface area contributed by atoms with Crippen molar-refractivity contribution in [3.63, 3.8) is 0 Å². The van der Waals surface area contributed by atoms with Crippen molar-refractivity contribution in [2.45, 2.75) is 23.5 Å². The number of carbonyl (C=O) groups excluding carboxylic acids is 1. The molecule has 140 valence electrons. The number of nitriles is 1.